The van der Waals surface area contributed by atoms with E-state index >= 15 is 0 Å². The number of piperazine rings is 1. The fourth-order valence-electron chi connectivity index (χ4n) is 3.14. The van der Waals surface area contributed by atoms with Gasteiger partial charge in [0, 0.05) is 44.4 Å². The van der Waals surface area contributed by atoms with E-state index in [1.165, 1.54) is 0 Å². The van der Waals surface area contributed by atoms with Crippen LogP contribution in [0, 0.1) is 0 Å². The van der Waals surface area contributed by atoms with Crippen molar-refractivity contribution in [1.29, 1.82) is 0 Å². The quantitative estimate of drug-likeness (QED) is 0.829. The van der Waals surface area contributed by atoms with Gasteiger partial charge in [-0.05, 0) is 30.7 Å². The Morgan fingerprint density at radius 2 is 1.75 bits per heavy atom. The van der Waals surface area contributed by atoms with Crippen LogP contribution in [0.5, 0.6) is 5.75 Å². The zero-order valence-electron chi connectivity index (χ0n) is 16.4. The van der Waals surface area contributed by atoms with Gasteiger partial charge in [0.15, 0.2) is 0 Å². The molecule has 1 aliphatic heterocycles. The highest BCUT2D eigenvalue weighted by Crippen LogP contribution is 2.15. The summed E-state index contributed by atoms with van der Waals surface area (Å²) in [6, 6.07) is 8.72. The molecule has 1 N–H and O–H groups in total. The molecule has 0 saturated carbocycles. The van der Waals surface area contributed by atoms with Crippen molar-refractivity contribution in [2.24, 2.45) is 0 Å². The highest BCUT2D eigenvalue weighted by Gasteiger charge is 2.25. The molecule has 2 heterocycles. The van der Waals surface area contributed by atoms with Crippen LogP contribution in [0.3, 0.4) is 0 Å². The number of amides is 3. The van der Waals surface area contributed by atoms with Crippen LogP contribution in [0.15, 0.2) is 36.5 Å². The van der Waals surface area contributed by atoms with Crippen LogP contribution in [-0.2, 0) is 6.54 Å². The Kier molecular flexibility index (Phi) is 6.52. The van der Waals surface area contributed by atoms with Gasteiger partial charge in [0.1, 0.15) is 11.6 Å². The summed E-state index contributed by atoms with van der Waals surface area (Å²) in [6.45, 7) is 4.91. The summed E-state index contributed by atoms with van der Waals surface area (Å²) in [5, 5.41) is 7.18. The van der Waals surface area contributed by atoms with Crippen molar-refractivity contribution in [2.45, 2.75) is 26.3 Å². The van der Waals surface area contributed by atoms with Crippen molar-refractivity contribution in [1.82, 2.24) is 19.6 Å². The number of anilines is 1. The number of rotatable bonds is 6. The second-order valence-corrected chi connectivity index (χ2v) is 6.73. The van der Waals surface area contributed by atoms with E-state index in [2.05, 4.69) is 17.3 Å². The minimum absolute atomic E-state index is 0.0275. The van der Waals surface area contributed by atoms with E-state index in [4.69, 9.17) is 4.74 Å². The van der Waals surface area contributed by atoms with Crippen LogP contribution in [-0.4, -0.2) is 64.8 Å². The first-order valence-corrected chi connectivity index (χ1v) is 9.63. The van der Waals surface area contributed by atoms with Crippen molar-refractivity contribution >= 4 is 17.8 Å². The maximum Gasteiger partial charge on any atom is 0.323 e. The number of methoxy groups -OCH3 is 1. The third-order valence-electron chi connectivity index (χ3n) is 4.87. The minimum Gasteiger partial charge on any atom is -0.497 e. The van der Waals surface area contributed by atoms with E-state index in [0.717, 1.165) is 25.1 Å². The molecule has 0 atom stereocenters. The van der Waals surface area contributed by atoms with Crippen molar-refractivity contribution in [2.75, 3.05) is 38.6 Å². The molecular weight excluding hydrogens is 358 g/mol. The van der Waals surface area contributed by atoms with Crippen LogP contribution >= 0.6 is 0 Å². The average Bonchev–Trinajstić information content (AvgIpc) is 3.18. The van der Waals surface area contributed by atoms with E-state index in [0.29, 0.717) is 37.6 Å². The second-order valence-electron chi connectivity index (χ2n) is 6.73. The molecule has 0 unspecified atom stereocenters. The van der Waals surface area contributed by atoms with Gasteiger partial charge >= 0.3 is 6.03 Å². The molecule has 150 valence electrons. The maximum absolute atomic E-state index is 12.6. The Hall–Kier alpha value is -3.03. The monoisotopic (exact) mass is 385 g/mol. The first kappa shape index (κ1) is 19.7. The topological polar surface area (TPSA) is 79.7 Å². The van der Waals surface area contributed by atoms with Gasteiger partial charge in [0.2, 0.25) is 0 Å². The fraction of sp³-hybridized carbons (Fsp3) is 0.450. The van der Waals surface area contributed by atoms with E-state index in [1.54, 1.807) is 53.4 Å². The SMILES string of the molecule is CCCCn1nccc1NC(=O)N1CCN(C(=O)c2ccc(OC)cc2)CC1. The average molecular weight is 385 g/mol. The highest BCUT2D eigenvalue weighted by atomic mass is 16.5. The number of hydrogen-bond acceptors (Lipinski definition) is 4. The molecule has 1 aromatic heterocycles. The molecule has 1 saturated heterocycles. The Balaban J connectivity index is 1.52. The summed E-state index contributed by atoms with van der Waals surface area (Å²) in [5.74, 6) is 1.40. The minimum atomic E-state index is -0.158. The lowest BCUT2D eigenvalue weighted by atomic mass is 10.1. The summed E-state index contributed by atoms with van der Waals surface area (Å²) >= 11 is 0. The summed E-state index contributed by atoms with van der Waals surface area (Å²) in [7, 11) is 1.60. The predicted molar refractivity (Wildman–Crippen MR) is 107 cm³/mol. The Bertz CT molecular complexity index is 794. The third-order valence-corrected chi connectivity index (χ3v) is 4.87. The Morgan fingerprint density at radius 1 is 1.07 bits per heavy atom. The second kappa shape index (κ2) is 9.25. The Labute approximate surface area is 165 Å². The molecule has 8 heteroatoms. The van der Waals surface area contributed by atoms with Crippen molar-refractivity contribution < 1.29 is 14.3 Å². The van der Waals surface area contributed by atoms with Gasteiger partial charge < -0.3 is 14.5 Å². The molecule has 3 rings (SSSR count). The smallest absolute Gasteiger partial charge is 0.323 e. The summed E-state index contributed by atoms with van der Waals surface area (Å²) in [4.78, 5) is 28.7. The first-order chi connectivity index (χ1) is 13.6. The molecule has 0 aliphatic carbocycles. The molecule has 2 aromatic rings. The number of benzene rings is 1. The van der Waals surface area contributed by atoms with Crippen LogP contribution in [0.1, 0.15) is 30.1 Å². The molecule has 1 aliphatic rings. The number of hydrogen-bond donors (Lipinski definition) is 1. The zero-order chi connectivity index (χ0) is 19.9. The van der Waals surface area contributed by atoms with E-state index in [1.807, 2.05) is 4.68 Å². The van der Waals surface area contributed by atoms with Crippen LogP contribution in [0.25, 0.3) is 0 Å². The van der Waals surface area contributed by atoms with Crippen molar-refractivity contribution in [3.05, 3.63) is 42.1 Å². The van der Waals surface area contributed by atoms with Crippen LogP contribution in [0.4, 0.5) is 10.6 Å². The lowest BCUT2D eigenvalue weighted by Gasteiger charge is -2.34. The molecule has 0 bridgehead atoms. The van der Waals surface area contributed by atoms with E-state index in [9.17, 15) is 9.59 Å². The summed E-state index contributed by atoms with van der Waals surface area (Å²) < 4.78 is 6.94. The van der Waals surface area contributed by atoms with Crippen LogP contribution < -0.4 is 10.1 Å². The highest BCUT2D eigenvalue weighted by molar-refractivity contribution is 5.94. The van der Waals surface area contributed by atoms with Crippen LogP contribution in [0.2, 0.25) is 0 Å². The Morgan fingerprint density at radius 3 is 2.39 bits per heavy atom. The number of nitrogens with one attached hydrogen (secondary N) is 1. The van der Waals surface area contributed by atoms with Gasteiger partial charge in [-0.2, -0.15) is 5.10 Å². The molecule has 28 heavy (non-hydrogen) atoms. The number of carbonyl (C=O) groups is 2. The lowest BCUT2D eigenvalue weighted by Crippen LogP contribution is -2.51. The van der Waals surface area contributed by atoms with Gasteiger partial charge in [-0.25, -0.2) is 9.48 Å². The van der Waals surface area contributed by atoms with Gasteiger partial charge in [0.25, 0.3) is 5.91 Å². The van der Waals surface area contributed by atoms with E-state index in [-0.39, 0.29) is 11.9 Å². The fourth-order valence-corrected chi connectivity index (χ4v) is 3.14. The normalized spacial score (nSPS) is 14.1. The molecule has 3 amide bonds. The molecular formula is C20H27N5O3. The number of unbranched alkanes of at least 4 members (excludes halogenated alkanes) is 1. The maximum atomic E-state index is 12.6. The molecule has 0 spiro atoms. The van der Waals surface area contributed by atoms with Gasteiger partial charge in [-0.1, -0.05) is 13.3 Å². The number of nitrogens with zero attached hydrogens (tertiary/aromatic N) is 4. The zero-order valence-corrected chi connectivity index (χ0v) is 16.4. The largest absolute Gasteiger partial charge is 0.497 e. The summed E-state index contributed by atoms with van der Waals surface area (Å²) in [5.41, 5.74) is 0.624. The van der Waals surface area contributed by atoms with Gasteiger partial charge in [-0.15, -0.1) is 0 Å². The predicted octanol–water partition coefficient (Wildman–Crippen LogP) is 2.68. The van der Waals surface area contributed by atoms with Crippen molar-refractivity contribution in [3.63, 3.8) is 0 Å². The lowest BCUT2D eigenvalue weighted by molar-refractivity contribution is 0.0671. The van der Waals surface area contributed by atoms with Gasteiger partial charge in [0.05, 0.1) is 13.3 Å². The number of urea groups is 1. The summed E-state index contributed by atoms with van der Waals surface area (Å²) in [6.07, 6.45) is 3.77. The molecule has 1 fully saturated rings. The number of ether oxygens (including phenoxy) is 1. The standard InChI is InChI=1S/C20H27N5O3/c1-3-4-11-25-18(9-10-21-25)22-20(27)24-14-12-23(13-15-24)19(26)16-5-7-17(28-2)8-6-16/h5-10H,3-4,11-15H2,1-2H3,(H,22,27). The van der Waals surface area contributed by atoms with Gasteiger partial charge in [-0.3, -0.25) is 10.1 Å². The first-order valence-electron chi connectivity index (χ1n) is 9.63. The third kappa shape index (κ3) is 4.62. The number of aryl methyl sites for hydroxylation is 1. The van der Waals surface area contributed by atoms with Crippen molar-refractivity contribution in [3.8, 4) is 5.75 Å². The molecule has 8 nitrogen and oxygen atoms in total. The number of aromatic nitrogens is 2. The molecule has 1 aromatic carbocycles. The number of carbonyl (C=O) groups excluding carboxylic acids is 2. The van der Waals surface area contributed by atoms with E-state index < -0.39 is 0 Å². The molecule has 0 radical (unpaired) electrons.